The lowest BCUT2D eigenvalue weighted by Crippen LogP contribution is -2.13. The molecule has 0 bridgehead atoms. The monoisotopic (exact) mass is 578 g/mol. The Balaban J connectivity index is 1.02. The molecular weight excluding hydrogens is 557 g/mol. The molecule has 0 aliphatic heterocycles. The van der Waals surface area contributed by atoms with Gasteiger partial charge in [-0.2, -0.15) is 16.8 Å². The van der Waals surface area contributed by atoms with Crippen LogP contribution in [0.4, 0.5) is 5.13 Å². The van der Waals surface area contributed by atoms with Crippen LogP contribution in [0.2, 0.25) is 0 Å². The fourth-order valence-electron chi connectivity index (χ4n) is 3.65. The van der Waals surface area contributed by atoms with Crippen LogP contribution in [-0.4, -0.2) is 43.7 Å². The van der Waals surface area contributed by atoms with E-state index >= 15 is 0 Å². The van der Waals surface area contributed by atoms with Gasteiger partial charge in [-0.1, -0.05) is 47.7 Å². The number of aryl methyl sites for hydroxylation is 1. The minimum atomic E-state index is -0.502. The predicted octanol–water partition coefficient (Wildman–Crippen LogP) is 5.81. The SMILES string of the molecule is N=C(CCSCCc1nnc(NC(=O)c2coc3ccccc23)s1)SC(N)=NC(=O)c1coc2ccccc12. The van der Waals surface area contributed by atoms with Crippen LogP contribution < -0.4 is 11.1 Å². The highest BCUT2D eigenvalue weighted by atomic mass is 32.2. The number of furan rings is 2. The third-order valence-corrected chi connectivity index (χ3v) is 8.13. The van der Waals surface area contributed by atoms with Crippen molar-refractivity contribution >= 4 is 84.0 Å². The Labute approximate surface area is 235 Å². The zero-order valence-corrected chi connectivity index (χ0v) is 22.8. The van der Waals surface area contributed by atoms with Crippen LogP contribution in [0.15, 0.2) is 74.9 Å². The lowest BCUT2D eigenvalue weighted by atomic mass is 10.2. The molecule has 3 heterocycles. The van der Waals surface area contributed by atoms with Crippen molar-refractivity contribution in [1.82, 2.24) is 10.2 Å². The Morgan fingerprint density at radius 3 is 2.38 bits per heavy atom. The van der Waals surface area contributed by atoms with E-state index in [9.17, 15) is 9.59 Å². The summed E-state index contributed by atoms with van der Waals surface area (Å²) in [6, 6.07) is 14.5. The highest BCUT2D eigenvalue weighted by Crippen LogP contribution is 2.24. The van der Waals surface area contributed by atoms with E-state index in [1.165, 1.54) is 23.9 Å². The first-order chi connectivity index (χ1) is 19.0. The summed E-state index contributed by atoms with van der Waals surface area (Å²) in [7, 11) is 0. The fourth-order valence-corrected chi connectivity index (χ4v) is 6.12. The molecule has 5 rings (SSSR count). The van der Waals surface area contributed by atoms with Crippen molar-refractivity contribution in [1.29, 1.82) is 5.41 Å². The number of anilines is 1. The minimum absolute atomic E-state index is 0.0205. The average molecular weight is 579 g/mol. The van der Waals surface area contributed by atoms with E-state index in [4.69, 9.17) is 20.0 Å². The number of nitrogens with two attached hydrogens (primary N) is 1. The number of aromatic nitrogens is 2. The minimum Gasteiger partial charge on any atom is -0.463 e. The quantitative estimate of drug-likeness (QED) is 0.111. The molecular formula is C26H22N6O4S3. The zero-order valence-electron chi connectivity index (χ0n) is 20.4. The van der Waals surface area contributed by atoms with Crippen LogP contribution in [0.1, 0.15) is 32.1 Å². The molecule has 0 atom stereocenters. The molecule has 0 aliphatic carbocycles. The molecule has 10 nitrogen and oxygen atoms in total. The van der Waals surface area contributed by atoms with Crippen LogP contribution in [0.25, 0.3) is 21.9 Å². The largest absolute Gasteiger partial charge is 0.463 e. The van der Waals surface area contributed by atoms with Gasteiger partial charge in [-0.15, -0.1) is 10.2 Å². The van der Waals surface area contributed by atoms with Gasteiger partial charge >= 0.3 is 0 Å². The normalized spacial score (nSPS) is 11.7. The summed E-state index contributed by atoms with van der Waals surface area (Å²) in [6.45, 7) is 0. The first-order valence-electron chi connectivity index (χ1n) is 11.8. The Morgan fingerprint density at radius 2 is 1.64 bits per heavy atom. The summed E-state index contributed by atoms with van der Waals surface area (Å²) in [5, 5.41) is 22.1. The van der Waals surface area contributed by atoms with E-state index in [2.05, 4.69) is 20.5 Å². The van der Waals surface area contributed by atoms with Crippen LogP contribution in [0.3, 0.4) is 0 Å². The highest BCUT2D eigenvalue weighted by molar-refractivity contribution is 8.26. The lowest BCUT2D eigenvalue weighted by molar-refractivity contribution is 0.100. The van der Waals surface area contributed by atoms with E-state index < -0.39 is 5.91 Å². The van der Waals surface area contributed by atoms with E-state index in [1.807, 2.05) is 30.3 Å². The van der Waals surface area contributed by atoms with E-state index in [1.54, 1.807) is 30.0 Å². The molecule has 2 aromatic carbocycles. The Bertz CT molecular complexity index is 1690. The topological polar surface area (TPSA) is 160 Å². The van der Waals surface area contributed by atoms with Crippen LogP contribution >= 0.6 is 34.9 Å². The average Bonchev–Trinajstić information content (AvgIpc) is 3.66. The maximum Gasteiger partial charge on any atom is 0.283 e. The number of nitrogens with zero attached hydrogens (tertiary/aromatic N) is 3. The molecule has 0 spiro atoms. The predicted molar refractivity (Wildman–Crippen MR) is 157 cm³/mol. The van der Waals surface area contributed by atoms with Gasteiger partial charge in [0.05, 0.1) is 16.2 Å². The third-order valence-electron chi connectivity index (χ3n) is 5.50. The number of para-hydroxylation sites is 2. The van der Waals surface area contributed by atoms with Crippen LogP contribution in [-0.2, 0) is 6.42 Å². The molecule has 0 unspecified atom stereocenters. The summed E-state index contributed by atoms with van der Waals surface area (Å²) in [5.74, 6) is 0.686. The molecule has 13 heteroatoms. The Kier molecular flexibility index (Phi) is 8.39. The first-order valence-corrected chi connectivity index (χ1v) is 14.5. The van der Waals surface area contributed by atoms with Gasteiger partial charge in [0.25, 0.3) is 11.8 Å². The van der Waals surface area contributed by atoms with Crippen molar-refractivity contribution in [2.45, 2.75) is 12.8 Å². The number of benzene rings is 2. The first kappa shape index (κ1) is 26.7. The number of carbonyl (C=O) groups is 2. The fraction of sp³-hybridized carbons (Fsp3) is 0.154. The number of amidine groups is 1. The van der Waals surface area contributed by atoms with Gasteiger partial charge in [-0.05, 0) is 35.4 Å². The number of hydrogen-bond donors (Lipinski definition) is 3. The standard InChI is InChI=1S/C26H22N6O4S3/c27-21(38-25(28)29-23(33)17-13-35-19-7-3-1-5-15(17)19)9-11-37-12-10-22-31-32-26(39-22)30-24(34)18-14-36-20-8-4-2-6-16(18)20/h1-8,13-14,27H,9-12H2,(H2,28,29,33)(H,30,32,34). The summed E-state index contributed by atoms with van der Waals surface area (Å²) in [5.41, 5.74) is 7.93. The molecule has 2 amide bonds. The smallest absolute Gasteiger partial charge is 0.283 e. The third kappa shape index (κ3) is 6.56. The van der Waals surface area contributed by atoms with E-state index in [0.29, 0.717) is 56.4 Å². The molecule has 3 aromatic heterocycles. The molecule has 0 fully saturated rings. The maximum atomic E-state index is 12.6. The Hall–Kier alpha value is -3.94. The van der Waals surface area contributed by atoms with Gasteiger partial charge in [-0.25, -0.2) is 0 Å². The van der Waals surface area contributed by atoms with Gasteiger partial charge in [0.1, 0.15) is 28.7 Å². The Morgan fingerprint density at radius 1 is 0.974 bits per heavy atom. The van der Waals surface area contributed by atoms with Crippen molar-refractivity contribution in [2.75, 3.05) is 16.8 Å². The molecule has 5 aromatic rings. The molecule has 39 heavy (non-hydrogen) atoms. The van der Waals surface area contributed by atoms with Crippen molar-refractivity contribution < 1.29 is 18.4 Å². The van der Waals surface area contributed by atoms with Crippen molar-refractivity contribution in [3.05, 3.63) is 77.2 Å². The van der Waals surface area contributed by atoms with Crippen molar-refractivity contribution in [3.63, 3.8) is 0 Å². The van der Waals surface area contributed by atoms with Crippen LogP contribution in [0, 0.1) is 5.41 Å². The molecule has 4 N–H and O–H groups in total. The lowest BCUT2D eigenvalue weighted by Gasteiger charge is -2.03. The number of aliphatic imine (C=N–C) groups is 1. The zero-order chi connectivity index (χ0) is 27.2. The summed E-state index contributed by atoms with van der Waals surface area (Å²) in [4.78, 5) is 29.0. The number of fused-ring (bicyclic) bond motifs is 2. The number of carbonyl (C=O) groups excluding carboxylic acids is 2. The van der Waals surface area contributed by atoms with E-state index in [0.717, 1.165) is 27.9 Å². The molecule has 0 saturated carbocycles. The second kappa shape index (κ2) is 12.3. The number of rotatable bonds is 9. The summed E-state index contributed by atoms with van der Waals surface area (Å²) < 4.78 is 10.8. The van der Waals surface area contributed by atoms with Gasteiger partial charge in [-0.3, -0.25) is 20.3 Å². The molecule has 0 saturated heterocycles. The van der Waals surface area contributed by atoms with Gasteiger partial charge < -0.3 is 14.6 Å². The number of hydrogen-bond acceptors (Lipinski definition) is 10. The van der Waals surface area contributed by atoms with Crippen molar-refractivity contribution in [2.24, 2.45) is 10.7 Å². The molecule has 198 valence electrons. The number of amides is 2. The molecule has 0 radical (unpaired) electrons. The maximum absolute atomic E-state index is 12.6. The second-order valence-electron chi connectivity index (χ2n) is 8.14. The summed E-state index contributed by atoms with van der Waals surface area (Å²) >= 11 is 3.96. The number of nitrogens with one attached hydrogen (secondary N) is 2. The van der Waals surface area contributed by atoms with Crippen LogP contribution in [0.5, 0.6) is 0 Å². The highest BCUT2D eigenvalue weighted by Gasteiger charge is 2.16. The van der Waals surface area contributed by atoms with E-state index in [-0.39, 0.29) is 11.1 Å². The number of thioether (sulfide) groups is 2. The summed E-state index contributed by atoms with van der Waals surface area (Å²) in [6.07, 6.45) is 3.98. The van der Waals surface area contributed by atoms with Gasteiger partial charge in [0.15, 0.2) is 5.17 Å². The van der Waals surface area contributed by atoms with Crippen molar-refractivity contribution in [3.8, 4) is 0 Å². The van der Waals surface area contributed by atoms with Gasteiger partial charge in [0, 0.05) is 23.6 Å². The second-order valence-corrected chi connectivity index (χ2v) is 11.5. The molecule has 0 aliphatic rings. The van der Waals surface area contributed by atoms with Gasteiger partial charge in [0.2, 0.25) is 5.13 Å².